The van der Waals surface area contributed by atoms with Gasteiger partial charge < -0.3 is 19.7 Å². The highest BCUT2D eigenvalue weighted by molar-refractivity contribution is 5.79. The summed E-state index contributed by atoms with van der Waals surface area (Å²) in [6.45, 7) is 2.33. The van der Waals surface area contributed by atoms with Gasteiger partial charge in [0.15, 0.2) is 17.5 Å². The Morgan fingerprint density at radius 3 is 2.58 bits per heavy atom. The number of hydrogen-bond acceptors (Lipinski definition) is 3. The molecule has 2 rings (SSSR count). The van der Waals surface area contributed by atoms with E-state index in [0.717, 1.165) is 17.1 Å². The fourth-order valence-electron chi connectivity index (χ4n) is 2.54. The van der Waals surface area contributed by atoms with Gasteiger partial charge >= 0.3 is 0 Å². The smallest absolute Gasteiger partial charge is 0.193 e. The van der Waals surface area contributed by atoms with Crippen LogP contribution >= 0.6 is 0 Å². The minimum absolute atomic E-state index is 0.245. The molecule has 0 aliphatic rings. The van der Waals surface area contributed by atoms with Gasteiger partial charge in [-0.2, -0.15) is 0 Å². The van der Waals surface area contributed by atoms with Crippen LogP contribution in [0.4, 0.5) is 4.39 Å². The fourth-order valence-corrected chi connectivity index (χ4v) is 2.54. The van der Waals surface area contributed by atoms with E-state index < -0.39 is 0 Å². The number of nitrogens with zero attached hydrogens (tertiary/aromatic N) is 2. The maximum absolute atomic E-state index is 13.8. The quantitative estimate of drug-likeness (QED) is 0.447. The standard InChI is InChI=1S/C20H26FN3O2/c1-22-20(23-11-12-26-15-16-7-5-4-6-8-16)24(2)14-17-9-10-19(25-3)18(21)13-17/h4-10,13H,11-12,14-15H2,1-3H3,(H,22,23). The summed E-state index contributed by atoms with van der Waals surface area (Å²) in [6, 6.07) is 15.0. The molecule has 0 aliphatic heterocycles. The van der Waals surface area contributed by atoms with Gasteiger partial charge in [0.1, 0.15) is 0 Å². The Morgan fingerprint density at radius 1 is 1.15 bits per heavy atom. The van der Waals surface area contributed by atoms with Crippen molar-refractivity contribution in [1.29, 1.82) is 0 Å². The van der Waals surface area contributed by atoms with Crippen molar-refractivity contribution in [2.75, 3.05) is 34.4 Å². The molecule has 0 saturated heterocycles. The Labute approximate surface area is 154 Å². The average Bonchev–Trinajstić information content (AvgIpc) is 2.65. The van der Waals surface area contributed by atoms with Crippen LogP contribution in [0, 0.1) is 5.82 Å². The van der Waals surface area contributed by atoms with Gasteiger partial charge in [-0.05, 0) is 23.3 Å². The van der Waals surface area contributed by atoms with E-state index in [0.29, 0.717) is 26.3 Å². The van der Waals surface area contributed by atoms with Gasteiger partial charge in [0.2, 0.25) is 0 Å². The number of hydrogen-bond donors (Lipinski definition) is 1. The minimum Gasteiger partial charge on any atom is -0.494 e. The number of ether oxygens (including phenoxy) is 2. The van der Waals surface area contributed by atoms with Crippen molar-refractivity contribution in [2.24, 2.45) is 4.99 Å². The molecule has 0 radical (unpaired) electrons. The molecular weight excluding hydrogens is 333 g/mol. The van der Waals surface area contributed by atoms with E-state index in [2.05, 4.69) is 10.3 Å². The zero-order valence-electron chi connectivity index (χ0n) is 15.5. The lowest BCUT2D eigenvalue weighted by atomic mass is 10.2. The summed E-state index contributed by atoms with van der Waals surface area (Å²) in [5.41, 5.74) is 1.99. The molecule has 2 aromatic rings. The first-order chi connectivity index (χ1) is 12.6. The summed E-state index contributed by atoms with van der Waals surface area (Å²) in [5, 5.41) is 3.25. The van der Waals surface area contributed by atoms with Gasteiger partial charge in [-0.15, -0.1) is 0 Å². The number of methoxy groups -OCH3 is 1. The predicted octanol–water partition coefficient (Wildman–Crippen LogP) is 3.06. The van der Waals surface area contributed by atoms with Gasteiger partial charge in [0, 0.05) is 27.2 Å². The molecule has 0 heterocycles. The van der Waals surface area contributed by atoms with Crippen molar-refractivity contribution in [3.63, 3.8) is 0 Å². The SMILES string of the molecule is CN=C(NCCOCc1ccccc1)N(C)Cc1ccc(OC)c(F)c1. The summed E-state index contributed by atoms with van der Waals surface area (Å²) in [5.74, 6) is 0.606. The molecule has 0 bridgehead atoms. The highest BCUT2D eigenvalue weighted by Gasteiger charge is 2.09. The minimum atomic E-state index is -0.365. The molecule has 5 nitrogen and oxygen atoms in total. The summed E-state index contributed by atoms with van der Waals surface area (Å²) in [6.07, 6.45) is 0. The molecule has 2 aromatic carbocycles. The zero-order valence-corrected chi connectivity index (χ0v) is 15.5. The molecule has 0 amide bonds. The molecule has 6 heteroatoms. The first-order valence-electron chi connectivity index (χ1n) is 8.50. The van der Waals surface area contributed by atoms with E-state index in [1.807, 2.05) is 48.3 Å². The van der Waals surface area contributed by atoms with Crippen molar-refractivity contribution >= 4 is 5.96 Å². The lowest BCUT2D eigenvalue weighted by Crippen LogP contribution is -2.39. The summed E-state index contributed by atoms with van der Waals surface area (Å²) < 4.78 is 24.4. The average molecular weight is 359 g/mol. The maximum Gasteiger partial charge on any atom is 0.193 e. The number of halogens is 1. The summed E-state index contributed by atoms with van der Waals surface area (Å²) in [7, 11) is 5.08. The van der Waals surface area contributed by atoms with Crippen LogP contribution < -0.4 is 10.1 Å². The fraction of sp³-hybridized carbons (Fsp3) is 0.350. The molecule has 0 spiro atoms. The molecule has 0 fully saturated rings. The topological polar surface area (TPSA) is 46.1 Å². The largest absolute Gasteiger partial charge is 0.494 e. The van der Waals surface area contributed by atoms with Crippen molar-refractivity contribution in [2.45, 2.75) is 13.2 Å². The third-order valence-corrected chi connectivity index (χ3v) is 3.85. The van der Waals surface area contributed by atoms with Crippen LogP contribution in [0.25, 0.3) is 0 Å². The van der Waals surface area contributed by atoms with E-state index in [1.54, 1.807) is 13.1 Å². The highest BCUT2D eigenvalue weighted by atomic mass is 19.1. The molecule has 0 aromatic heterocycles. The monoisotopic (exact) mass is 359 g/mol. The van der Waals surface area contributed by atoms with Gasteiger partial charge in [0.25, 0.3) is 0 Å². The highest BCUT2D eigenvalue weighted by Crippen LogP contribution is 2.18. The molecular formula is C20H26FN3O2. The van der Waals surface area contributed by atoms with E-state index >= 15 is 0 Å². The lowest BCUT2D eigenvalue weighted by Gasteiger charge is -2.22. The molecule has 0 saturated carbocycles. The van der Waals surface area contributed by atoms with Crippen molar-refractivity contribution < 1.29 is 13.9 Å². The van der Waals surface area contributed by atoms with Crippen molar-refractivity contribution in [1.82, 2.24) is 10.2 Å². The van der Waals surface area contributed by atoms with Gasteiger partial charge in [0.05, 0.1) is 20.3 Å². The van der Waals surface area contributed by atoms with Crippen LogP contribution in [-0.4, -0.2) is 45.2 Å². The molecule has 26 heavy (non-hydrogen) atoms. The number of nitrogens with one attached hydrogen (secondary N) is 1. The predicted molar refractivity (Wildman–Crippen MR) is 102 cm³/mol. The van der Waals surface area contributed by atoms with Crippen LogP contribution in [0.3, 0.4) is 0 Å². The van der Waals surface area contributed by atoms with Crippen LogP contribution in [0.15, 0.2) is 53.5 Å². The molecule has 0 atom stereocenters. The Kier molecular flexibility index (Phi) is 7.89. The van der Waals surface area contributed by atoms with Crippen LogP contribution in [-0.2, 0) is 17.9 Å². The molecule has 0 unspecified atom stereocenters. The van der Waals surface area contributed by atoms with Gasteiger partial charge in [-0.25, -0.2) is 4.39 Å². The maximum atomic E-state index is 13.8. The number of aliphatic imine (C=N–C) groups is 1. The third kappa shape index (κ3) is 6.04. The Hall–Kier alpha value is -2.60. The van der Waals surface area contributed by atoms with E-state index in [9.17, 15) is 4.39 Å². The number of rotatable bonds is 8. The van der Waals surface area contributed by atoms with Crippen molar-refractivity contribution in [3.05, 3.63) is 65.5 Å². The normalized spacial score (nSPS) is 11.3. The van der Waals surface area contributed by atoms with Crippen LogP contribution in [0.1, 0.15) is 11.1 Å². The van der Waals surface area contributed by atoms with E-state index in [1.165, 1.54) is 13.2 Å². The van der Waals surface area contributed by atoms with E-state index in [4.69, 9.17) is 9.47 Å². The first kappa shape index (κ1) is 19.7. The van der Waals surface area contributed by atoms with Crippen molar-refractivity contribution in [3.8, 4) is 5.75 Å². The summed E-state index contributed by atoms with van der Waals surface area (Å²) >= 11 is 0. The third-order valence-electron chi connectivity index (χ3n) is 3.85. The lowest BCUT2D eigenvalue weighted by molar-refractivity contribution is 0.125. The first-order valence-corrected chi connectivity index (χ1v) is 8.50. The number of guanidine groups is 1. The van der Waals surface area contributed by atoms with Crippen LogP contribution in [0.5, 0.6) is 5.75 Å². The van der Waals surface area contributed by atoms with Gasteiger partial charge in [-0.3, -0.25) is 4.99 Å². The van der Waals surface area contributed by atoms with E-state index in [-0.39, 0.29) is 11.6 Å². The molecule has 140 valence electrons. The Bertz CT molecular complexity index is 707. The Balaban J connectivity index is 1.76. The summed E-state index contributed by atoms with van der Waals surface area (Å²) in [4.78, 5) is 6.18. The number of benzene rings is 2. The second kappa shape index (κ2) is 10.4. The Morgan fingerprint density at radius 2 is 1.92 bits per heavy atom. The second-order valence-corrected chi connectivity index (χ2v) is 5.84. The second-order valence-electron chi connectivity index (χ2n) is 5.84. The zero-order chi connectivity index (χ0) is 18.8. The molecule has 1 N–H and O–H groups in total. The van der Waals surface area contributed by atoms with Crippen LogP contribution in [0.2, 0.25) is 0 Å². The van der Waals surface area contributed by atoms with Gasteiger partial charge in [-0.1, -0.05) is 36.4 Å². The molecule has 0 aliphatic carbocycles.